The van der Waals surface area contributed by atoms with Gasteiger partial charge in [-0.1, -0.05) is 11.2 Å². The smallest absolute Gasteiger partial charge is 0.270 e. The van der Waals surface area contributed by atoms with Crippen molar-refractivity contribution in [2.75, 3.05) is 0 Å². The van der Waals surface area contributed by atoms with Crippen molar-refractivity contribution < 1.29 is 23.2 Å². The lowest BCUT2D eigenvalue weighted by Crippen LogP contribution is -2.38. The molecule has 8 nitrogen and oxygen atoms in total. The number of nitrogens with one attached hydrogen (secondary N) is 2. The van der Waals surface area contributed by atoms with Crippen molar-refractivity contribution in [3.63, 3.8) is 0 Å². The molecule has 2 heterocycles. The molecule has 1 aromatic heterocycles. The first-order chi connectivity index (χ1) is 16.3. The zero-order valence-corrected chi connectivity index (χ0v) is 19.1. The number of rotatable bonds is 6. The highest BCUT2D eigenvalue weighted by molar-refractivity contribution is 6.01. The van der Waals surface area contributed by atoms with Gasteiger partial charge in [0.05, 0.1) is 5.69 Å². The summed E-state index contributed by atoms with van der Waals surface area (Å²) in [5.41, 5.74) is 1.78. The first kappa shape index (κ1) is 23.7. The third kappa shape index (κ3) is 5.73. The van der Waals surface area contributed by atoms with E-state index in [1.165, 1.54) is 13.0 Å². The van der Waals surface area contributed by atoms with Gasteiger partial charge in [-0.2, -0.15) is 0 Å². The summed E-state index contributed by atoms with van der Waals surface area (Å²) in [7, 11) is 0. The predicted octanol–water partition coefficient (Wildman–Crippen LogP) is 3.18. The second-order valence-electron chi connectivity index (χ2n) is 8.81. The molecule has 1 aliphatic carbocycles. The van der Waals surface area contributed by atoms with Crippen LogP contribution in [0.5, 0.6) is 0 Å². The Kier molecular flexibility index (Phi) is 7.14. The van der Waals surface area contributed by atoms with Crippen LogP contribution in [-0.2, 0) is 16.2 Å². The van der Waals surface area contributed by atoms with E-state index in [1.807, 2.05) is 0 Å². The molecule has 1 aliphatic heterocycles. The van der Waals surface area contributed by atoms with Crippen molar-refractivity contribution in [1.82, 2.24) is 20.6 Å². The molecule has 2 aromatic rings. The molecule has 1 fully saturated rings. The Morgan fingerprint density at radius 2 is 1.85 bits per heavy atom. The molecule has 1 atom stereocenters. The quantitative estimate of drug-likeness (QED) is 0.673. The number of carbonyl (C=O) groups is 2. The molecule has 1 aromatic carbocycles. The van der Waals surface area contributed by atoms with Crippen LogP contribution in [0.1, 0.15) is 66.6 Å². The van der Waals surface area contributed by atoms with E-state index in [4.69, 9.17) is 4.84 Å². The summed E-state index contributed by atoms with van der Waals surface area (Å²) in [6.07, 6.45) is 4.23. The molecule has 0 spiro atoms. The number of oxime groups is 1. The van der Waals surface area contributed by atoms with Crippen LogP contribution in [0.15, 0.2) is 29.4 Å². The van der Waals surface area contributed by atoms with Crippen molar-refractivity contribution in [3.05, 3.63) is 58.7 Å². The normalized spacial score (nSPS) is 22.0. The number of aromatic nitrogens is 2. The maximum absolute atomic E-state index is 13.4. The molecule has 180 valence electrons. The summed E-state index contributed by atoms with van der Waals surface area (Å²) in [6, 6.07) is 5.24. The Morgan fingerprint density at radius 3 is 2.56 bits per heavy atom. The second kappa shape index (κ2) is 10.2. The molecule has 34 heavy (non-hydrogen) atoms. The lowest BCUT2D eigenvalue weighted by molar-refractivity contribution is -0.120. The molecule has 0 radical (unpaired) electrons. The molecule has 2 aliphatic rings. The van der Waals surface area contributed by atoms with Gasteiger partial charge in [0.1, 0.15) is 23.3 Å². The van der Waals surface area contributed by atoms with E-state index in [9.17, 15) is 18.4 Å². The molecule has 1 unspecified atom stereocenters. The Balaban J connectivity index is 1.36. The highest BCUT2D eigenvalue weighted by Crippen LogP contribution is 2.33. The van der Waals surface area contributed by atoms with Gasteiger partial charge in [0.15, 0.2) is 11.6 Å². The SMILES string of the molecule is CC(=O)N[C@H]1CC[C@H](C2CC(c3cc(C(=O)NCc4ccc(F)c(F)c4)nc(C)n3)=NO2)CC1. The van der Waals surface area contributed by atoms with Crippen LogP contribution in [0.4, 0.5) is 8.78 Å². The van der Waals surface area contributed by atoms with E-state index in [1.54, 1.807) is 13.0 Å². The highest BCUT2D eigenvalue weighted by Gasteiger charge is 2.34. The van der Waals surface area contributed by atoms with Gasteiger partial charge in [-0.05, 0) is 62.3 Å². The summed E-state index contributed by atoms with van der Waals surface area (Å²) >= 11 is 0. The molecule has 4 rings (SSSR count). The summed E-state index contributed by atoms with van der Waals surface area (Å²) in [4.78, 5) is 38.2. The van der Waals surface area contributed by atoms with Gasteiger partial charge in [0.2, 0.25) is 5.91 Å². The van der Waals surface area contributed by atoms with Crippen molar-refractivity contribution in [1.29, 1.82) is 0 Å². The second-order valence-corrected chi connectivity index (χ2v) is 8.81. The largest absolute Gasteiger partial charge is 0.391 e. The number of hydrogen-bond acceptors (Lipinski definition) is 6. The van der Waals surface area contributed by atoms with Crippen LogP contribution in [0.25, 0.3) is 0 Å². The van der Waals surface area contributed by atoms with E-state index >= 15 is 0 Å². The van der Waals surface area contributed by atoms with Gasteiger partial charge < -0.3 is 15.5 Å². The molecular weight excluding hydrogens is 444 g/mol. The van der Waals surface area contributed by atoms with E-state index < -0.39 is 17.5 Å². The fourth-order valence-electron chi connectivity index (χ4n) is 4.48. The summed E-state index contributed by atoms with van der Waals surface area (Å²) in [5, 5.41) is 9.87. The average Bonchev–Trinajstić information content (AvgIpc) is 3.30. The van der Waals surface area contributed by atoms with Crippen LogP contribution < -0.4 is 10.6 Å². The lowest BCUT2D eigenvalue weighted by atomic mass is 9.81. The number of nitrogens with zero attached hydrogens (tertiary/aromatic N) is 3. The monoisotopic (exact) mass is 471 g/mol. The minimum Gasteiger partial charge on any atom is -0.391 e. The van der Waals surface area contributed by atoms with Crippen molar-refractivity contribution in [2.45, 2.75) is 64.6 Å². The highest BCUT2D eigenvalue weighted by atomic mass is 19.2. The molecule has 2 amide bonds. The van der Waals surface area contributed by atoms with Crippen molar-refractivity contribution >= 4 is 17.5 Å². The third-order valence-corrected chi connectivity index (χ3v) is 6.20. The maximum Gasteiger partial charge on any atom is 0.270 e. The first-order valence-corrected chi connectivity index (χ1v) is 11.4. The third-order valence-electron chi connectivity index (χ3n) is 6.20. The summed E-state index contributed by atoms with van der Waals surface area (Å²) in [5.74, 6) is -1.61. The number of benzene rings is 1. The number of halogens is 2. The Morgan fingerprint density at radius 1 is 1.09 bits per heavy atom. The van der Waals surface area contributed by atoms with Gasteiger partial charge in [0.25, 0.3) is 5.91 Å². The zero-order valence-electron chi connectivity index (χ0n) is 19.1. The molecule has 0 bridgehead atoms. The van der Waals surface area contributed by atoms with Gasteiger partial charge in [-0.15, -0.1) is 0 Å². The average molecular weight is 472 g/mol. The first-order valence-electron chi connectivity index (χ1n) is 11.4. The Bertz CT molecular complexity index is 1120. The molecule has 0 saturated heterocycles. The number of carbonyl (C=O) groups excluding carboxylic acids is 2. The molecular formula is C24H27F2N5O3. The van der Waals surface area contributed by atoms with Gasteiger partial charge in [0, 0.05) is 25.9 Å². The van der Waals surface area contributed by atoms with E-state index in [0.29, 0.717) is 35.1 Å². The van der Waals surface area contributed by atoms with Gasteiger partial charge in [-0.3, -0.25) is 9.59 Å². The Hall–Kier alpha value is -3.43. The molecule has 1 saturated carbocycles. The Labute approximate surface area is 196 Å². The van der Waals surface area contributed by atoms with Crippen molar-refractivity contribution in [3.8, 4) is 0 Å². The van der Waals surface area contributed by atoms with Crippen LogP contribution in [0.3, 0.4) is 0 Å². The van der Waals surface area contributed by atoms with Crippen molar-refractivity contribution in [2.24, 2.45) is 11.1 Å². The topological polar surface area (TPSA) is 106 Å². The van der Waals surface area contributed by atoms with Crippen LogP contribution in [0, 0.1) is 24.5 Å². The summed E-state index contributed by atoms with van der Waals surface area (Å²) < 4.78 is 26.5. The minimum absolute atomic E-state index is 0.00464. The number of amides is 2. The fraction of sp³-hybridized carbons (Fsp3) is 0.458. The van der Waals surface area contributed by atoms with Gasteiger partial charge >= 0.3 is 0 Å². The van der Waals surface area contributed by atoms with Crippen LogP contribution in [-0.4, -0.2) is 39.6 Å². The van der Waals surface area contributed by atoms with Gasteiger partial charge in [-0.25, -0.2) is 18.7 Å². The minimum atomic E-state index is -0.968. The fourth-order valence-corrected chi connectivity index (χ4v) is 4.48. The predicted molar refractivity (Wildman–Crippen MR) is 120 cm³/mol. The number of hydrogen-bond donors (Lipinski definition) is 2. The standard InChI is InChI=1S/C24H27F2N5O3/c1-13-28-20(10-22(29-13)24(33)27-12-15-3-8-18(25)19(26)9-15)21-11-23(34-31-21)16-4-6-17(7-5-16)30-14(2)32/h3,8-10,16-17,23H,4-7,11-12H2,1-2H3,(H,27,33)(H,30,32)/t16-,17-,23?. The molecule has 10 heteroatoms. The van der Waals surface area contributed by atoms with Crippen LogP contribution >= 0.6 is 0 Å². The maximum atomic E-state index is 13.4. The molecule has 2 N–H and O–H groups in total. The van der Waals surface area contributed by atoms with E-state index in [0.717, 1.165) is 37.8 Å². The lowest BCUT2D eigenvalue weighted by Gasteiger charge is -2.31. The van der Waals surface area contributed by atoms with E-state index in [2.05, 4.69) is 25.8 Å². The van der Waals surface area contributed by atoms with E-state index in [-0.39, 0.29) is 30.3 Å². The number of aryl methyl sites for hydroxylation is 1. The zero-order chi connectivity index (χ0) is 24.2. The van der Waals surface area contributed by atoms with Crippen LogP contribution in [0.2, 0.25) is 0 Å². The summed E-state index contributed by atoms with van der Waals surface area (Å²) in [6.45, 7) is 3.25.